The average molecular weight is 270 g/mol. The molecule has 0 atom stereocenters. The molecule has 0 amide bonds. The third-order valence-electron chi connectivity index (χ3n) is 0. The van der Waals surface area contributed by atoms with Gasteiger partial charge in [0.2, 0.25) is 0 Å². The molecule has 0 aromatic carbocycles. The molecule has 0 bridgehead atoms. The Morgan fingerprint density at radius 2 is 0.571 bits per heavy atom. The van der Waals surface area contributed by atoms with E-state index in [1.54, 1.807) is 0 Å². The predicted octanol–water partition coefficient (Wildman–Crippen LogP) is -4.60. The van der Waals surface area contributed by atoms with Crippen molar-refractivity contribution in [3.63, 3.8) is 0 Å². The van der Waals surface area contributed by atoms with E-state index in [4.69, 9.17) is 30.6 Å². The zero-order valence-corrected chi connectivity index (χ0v) is 7.30. The van der Waals surface area contributed by atoms with Crippen molar-refractivity contribution in [1.82, 2.24) is 0 Å². The first-order chi connectivity index (χ1) is 3.46. The van der Waals surface area contributed by atoms with E-state index in [1.165, 1.54) is 0 Å². The maximum Gasteiger partial charge on any atom is 2.00 e. The summed E-state index contributed by atoms with van der Waals surface area (Å²) in [6.45, 7) is 0. The largest absolute Gasteiger partial charge is 2.00 e. The van der Waals surface area contributed by atoms with Crippen molar-refractivity contribution >= 4 is 0 Å². The van der Waals surface area contributed by atoms with Crippen molar-refractivity contribution in [3.8, 4) is 0 Å². The fourth-order valence-corrected chi connectivity index (χ4v) is 0. The van der Waals surface area contributed by atoms with Crippen molar-refractivity contribution in [1.29, 1.82) is 0 Å². The number of nitrogens with zero attached hydrogens (tertiary/aromatic N) is 2. The van der Waals surface area contributed by atoms with Gasteiger partial charge in [0.1, 0.15) is 0 Å². The van der Waals surface area contributed by atoms with Crippen LogP contribution in [-0.2, 0) is 17.1 Å². The van der Waals surface area contributed by atoms with Gasteiger partial charge in [-0.2, -0.15) is 0 Å². The van der Waals surface area contributed by atoms with Gasteiger partial charge in [0, 0.05) is 0 Å². The molecule has 0 aromatic heterocycles. The van der Waals surface area contributed by atoms with Crippen LogP contribution in [0.15, 0.2) is 0 Å². The molecular formula is H10FeN2O11. The van der Waals surface area contributed by atoms with Crippen molar-refractivity contribution in [3.05, 3.63) is 30.6 Å². The van der Waals surface area contributed by atoms with Crippen LogP contribution < -0.4 is 0 Å². The summed E-state index contributed by atoms with van der Waals surface area (Å²) in [5, 5.41) is 29.5. The normalized spacial score (nSPS) is 3.43. The van der Waals surface area contributed by atoms with Gasteiger partial charge >= 0.3 is 17.1 Å². The van der Waals surface area contributed by atoms with E-state index in [0.717, 1.165) is 0 Å². The van der Waals surface area contributed by atoms with Crippen LogP contribution in [0.3, 0.4) is 0 Å². The van der Waals surface area contributed by atoms with Gasteiger partial charge in [-0.05, 0) is 0 Å². The van der Waals surface area contributed by atoms with Crippen LogP contribution >= 0.6 is 0 Å². The number of hydrogen-bond donors (Lipinski definition) is 0. The van der Waals surface area contributed by atoms with Crippen LogP contribution in [0.25, 0.3) is 0 Å². The van der Waals surface area contributed by atoms with Gasteiger partial charge < -0.3 is 58.0 Å². The summed E-state index contributed by atoms with van der Waals surface area (Å²) in [7, 11) is 0. The summed E-state index contributed by atoms with van der Waals surface area (Å²) in [5.41, 5.74) is 0. The summed E-state index contributed by atoms with van der Waals surface area (Å²) >= 11 is 0. The summed E-state index contributed by atoms with van der Waals surface area (Å²) in [6, 6.07) is 0. The quantitative estimate of drug-likeness (QED) is 0.236. The Hall–Kier alpha value is -1.28. The molecule has 0 rings (SSSR count). The molecule has 0 heterocycles. The fourth-order valence-electron chi connectivity index (χ4n) is 0. The second kappa shape index (κ2) is 60.5. The minimum absolute atomic E-state index is 0. The molecule has 0 aliphatic heterocycles. The first kappa shape index (κ1) is 78.4. The van der Waals surface area contributed by atoms with Crippen LogP contribution in [0, 0.1) is 30.6 Å². The molecule has 0 radical (unpaired) electrons. The SMILES string of the molecule is O.O.O.O.O.O=[N+]([O-])[O-].O=[N+]([O-])[O-].[Fe+2]. The van der Waals surface area contributed by atoms with Gasteiger partial charge in [-0.3, -0.25) is 0 Å². The van der Waals surface area contributed by atoms with E-state index < -0.39 is 10.2 Å². The zero-order chi connectivity index (χ0) is 7.15. The topological polar surface area (TPSA) is 290 Å². The minimum Gasteiger partial charge on any atom is -0.412 e. The summed E-state index contributed by atoms with van der Waals surface area (Å²) < 4.78 is 0. The van der Waals surface area contributed by atoms with Crippen LogP contribution in [0.1, 0.15) is 0 Å². The molecule has 0 aliphatic rings. The molecule has 14 heavy (non-hydrogen) atoms. The second-order valence-electron chi connectivity index (χ2n) is 0.447. The Morgan fingerprint density at radius 3 is 0.571 bits per heavy atom. The van der Waals surface area contributed by atoms with Crippen molar-refractivity contribution < 1.29 is 54.6 Å². The molecule has 0 fully saturated rings. The van der Waals surface area contributed by atoms with Crippen molar-refractivity contribution in [2.75, 3.05) is 0 Å². The zero-order valence-electron chi connectivity index (χ0n) is 6.20. The Morgan fingerprint density at radius 1 is 0.571 bits per heavy atom. The van der Waals surface area contributed by atoms with E-state index in [-0.39, 0.29) is 44.4 Å². The van der Waals surface area contributed by atoms with Gasteiger partial charge in [0.15, 0.2) is 0 Å². The summed E-state index contributed by atoms with van der Waals surface area (Å²) in [4.78, 5) is 16.5. The molecule has 0 aliphatic carbocycles. The van der Waals surface area contributed by atoms with Gasteiger partial charge in [-0.1, -0.05) is 0 Å². The van der Waals surface area contributed by atoms with E-state index in [2.05, 4.69) is 0 Å². The van der Waals surface area contributed by atoms with Gasteiger partial charge in [-0.25, -0.2) is 0 Å². The van der Waals surface area contributed by atoms with E-state index in [0.29, 0.717) is 0 Å². The molecule has 0 spiro atoms. The van der Waals surface area contributed by atoms with E-state index >= 15 is 0 Å². The fraction of sp³-hybridized carbons (Fsp3) is 0. The van der Waals surface area contributed by atoms with Crippen LogP contribution in [0.4, 0.5) is 0 Å². The van der Waals surface area contributed by atoms with Crippen LogP contribution in [0.2, 0.25) is 0 Å². The minimum atomic E-state index is -1.75. The molecular weight excluding hydrogens is 260 g/mol. The maximum atomic E-state index is 8.25. The summed E-state index contributed by atoms with van der Waals surface area (Å²) in [6.07, 6.45) is 0. The van der Waals surface area contributed by atoms with Gasteiger partial charge in [0.05, 0.1) is 10.2 Å². The van der Waals surface area contributed by atoms with E-state index in [1.807, 2.05) is 0 Å². The van der Waals surface area contributed by atoms with E-state index in [9.17, 15) is 0 Å². The Labute approximate surface area is 86.2 Å². The first-order valence-corrected chi connectivity index (χ1v) is 1.10. The summed E-state index contributed by atoms with van der Waals surface area (Å²) in [5.74, 6) is 0. The Balaban J connectivity index is -0.00000000600. The van der Waals surface area contributed by atoms with Gasteiger partial charge in [0.25, 0.3) is 0 Å². The molecule has 13 nitrogen and oxygen atoms in total. The average Bonchev–Trinajstić information content (AvgIpc) is 1.25. The Bertz CT molecular complexity index is 71.3. The van der Waals surface area contributed by atoms with Crippen LogP contribution in [0.5, 0.6) is 0 Å². The number of hydrogen-bond acceptors (Lipinski definition) is 6. The monoisotopic (exact) mass is 270 g/mol. The first-order valence-electron chi connectivity index (χ1n) is 1.10. The molecule has 14 heteroatoms. The maximum absolute atomic E-state index is 8.25. The van der Waals surface area contributed by atoms with Crippen molar-refractivity contribution in [2.45, 2.75) is 0 Å². The predicted molar refractivity (Wildman–Crippen MR) is 38.8 cm³/mol. The third-order valence-corrected chi connectivity index (χ3v) is 0. The standard InChI is InChI=1S/Fe.2NO3.5H2O/c;2*2-1(3)4;;;;;/h;;;5*1H2/q+2;2*-1;;;;;. The Kier molecular flexibility index (Phi) is 339. The smallest absolute Gasteiger partial charge is 0.412 e. The second-order valence-corrected chi connectivity index (χ2v) is 0.447. The molecule has 94 valence electrons. The van der Waals surface area contributed by atoms with Crippen molar-refractivity contribution in [2.24, 2.45) is 0 Å². The van der Waals surface area contributed by atoms with Gasteiger partial charge in [-0.15, -0.1) is 0 Å². The molecule has 0 unspecified atom stereocenters. The molecule has 0 saturated heterocycles. The number of rotatable bonds is 0. The molecule has 0 aromatic rings. The molecule has 10 N–H and O–H groups in total. The third kappa shape index (κ3) is 618. The van der Waals surface area contributed by atoms with Crippen LogP contribution in [-0.4, -0.2) is 37.6 Å². The molecule has 0 saturated carbocycles.